The highest BCUT2D eigenvalue weighted by Crippen LogP contribution is 2.35. The Labute approximate surface area is 122 Å². The van der Waals surface area contributed by atoms with E-state index in [9.17, 15) is 13.2 Å². The zero-order valence-corrected chi connectivity index (χ0v) is 11.6. The van der Waals surface area contributed by atoms with Crippen LogP contribution in [0.1, 0.15) is 5.56 Å². The van der Waals surface area contributed by atoms with Gasteiger partial charge in [-0.15, -0.1) is 11.3 Å². The third-order valence-electron chi connectivity index (χ3n) is 2.91. The first-order valence-electron chi connectivity index (χ1n) is 5.96. The largest absolute Gasteiger partial charge is 0.494 e. The van der Waals surface area contributed by atoms with Crippen LogP contribution in [0.5, 0.6) is 5.75 Å². The molecule has 0 atom stereocenters. The van der Waals surface area contributed by atoms with Gasteiger partial charge in [0.15, 0.2) is 0 Å². The standard InChI is InChI=1S/C14H9F3N2OS/c1-20-10-3-2-4-11-12(10)19-13(21-11)9-6-5-8(7-18-9)14(15,16)17/h2-7H,1H3. The number of benzene rings is 1. The molecule has 0 aliphatic heterocycles. The second kappa shape index (κ2) is 5.00. The van der Waals surface area contributed by atoms with Gasteiger partial charge in [-0.05, 0) is 24.3 Å². The third-order valence-corrected chi connectivity index (χ3v) is 3.95. The summed E-state index contributed by atoms with van der Waals surface area (Å²) < 4.78 is 43.7. The SMILES string of the molecule is COc1cccc2sc(-c3ccc(C(F)(F)F)cn3)nc12. The number of pyridine rings is 1. The lowest BCUT2D eigenvalue weighted by atomic mass is 10.2. The molecule has 0 saturated carbocycles. The summed E-state index contributed by atoms with van der Waals surface area (Å²) in [5.74, 6) is 0.627. The van der Waals surface area contributed by atoms with E-state index in [0.717, 1.165) is 17.0 Å². The highest BCUT2D eigenvalue weighted by Gasteiger charge is 2.30. The van der Waals surface area contributed by atoms with Crippen LogP contribution in [0, 0.1) is 0 Å². The van der Waals surface area contributed by atoms with Gasteiger partial charge in [-0.1, -0.05) is 6.07 Å². The van der Waals surface area contributed by atoms with Crippen LogP contribution in [0.15, 0.2) is 36.5 Å². The monoisotopic (exact) mass is 310 g/mol. The lowest BCUT2D eigenvalue weighted by Gasteiger charge is -2.05. The fourth-order valence-electron chi connectivity index (χ4n) is 1.89. The highest BCUT2D eigenvalue weighted by molar-refractivity contribution is 7.21. The maximum Gasteiger partial charge on any atom is 0.417 e. The Morgan fingerprint density at radius 3 is 2.57 bits per heavy atom. The molecule has 0 spiro atoms. The van der Waals surface area contributed by atoms with Crippen molar-refractivity contribution in [2.75, 3.05) is 7.11 Å². The van der Waals surface area contributed by atoms with Crippen molar-refractivity contribution in [1.29, 1.82) is 0 Å². The molecule has 1 aromatic carbocycles. The van der Waals surface area contributed by atoms with E-state index >= 15 is 0 Å². The van der Waals surface area contributed by atoms with E-state index in [0.29, 0.717) is 22.0 Å². The van der Waals surface area contributed by atoms with E-state index in [1.165, 1.54) is 17.4 Å². The normalized spacial score (nSPS) is 11.8. The summed E-state index contributed by atoms with van der Waals surface area (Å²) in [4.78, 5) is 8.25. The molecule has 0 N–H and O–H groups in total. The van der Waals surface area contributed by atoms with Crippen molar-refractivity contribution in [2.45, 2.75) is 6.18 Å². The van der Waals surface area contributed by atoms with Crippen LogP contribution >= 0.6 is 11.3 Å². The Bertz CT molecular complexity index is 781. The number of methoxy groups -OCH3 is 1. The van der Waals surface area contributed by atoms with Gasteiger partial charge in [-0.2, -0.15) is 13.2 Å². The minimum atomic E-state index is -4.39. The molecule has 0 amide bonds. The Kier molecular flexibility index (Phi) is 3.29. The Morgan fingerprint density at radius 1 is 1.14 bits per heavy atom. The van der Waals surface area contributed by atoms with Gasteiger partial charge in [-0.3, -0.25) is 4.98 Å². The molecule has 0 unspecified atom stereocenters. The van der Waals surface area contributed by atoms with E-state index in [2.05, 4.69) is 9.97 Å². The maximum absolute atomic E-state index is 12.5. The second-order valence-corrected chi connectivity index (χ2v) is 5.29. The molecule has 0 aliphatic rings. The van der Waals surface area contributed by atoms with Crippen molar-refractivity contribution in [2.24, 2.45) is 0 Å². The number of fused-ring (bicyclic) bond motifs is 1. The average molecular weight is 310 g/mol. The number of alkyl halides is 3. The molecule has 0 aliphatic carbocycles. The minimum Gasteiger partial charge on any atom is -0.494 e. The van der Waals surface area contributed by atoms with Crippen molar-refractivity contribution in [3.8, 4) is 16.5 Å². The minimum absolute atomic E-state index is 0.409. The fourth-order valence-corrected chi connectivity index (χ4v) is 2.85. The van der Waals surface area contributed by atoms with Crippen LogP contribution in [0.4, 0.5) is 13.2 Å². The van der Waals surface area contributed by atoms with Crippen molar-refractivity contribution < 1.29 is 17.9 Å². The Hall–Kier alpha value is -2.15. The van der Waals surface area contributed by atoms with Gasteiger partial charge in [0.2, 0.25) is 0 Å². The summed E-state index contributed by atoms with van der Waals surface area (Å²) >= 11 is 1.36. The molecular weight excluding hydrogens is 301 g/mol. The molecule has 0 saturated heterocycles. The topological polar surface area (TPSA) is 35.0 Å². The summed E-state index contributed by atoms with van der Waals surface area (Å²) in [5.41, 5.74) is 0.317. The first-order chi connectivity index (χ1) is 9.99. The van der Waals surface area contributed by atoms with Crippen molar-refractivity contribution in [3.05, 3.63) is 42.1 Å². The maximum atomic E-state index is 12.5. The summed E-state index contributed by atoms with van der Waals surface area (Å²) in [6, 6.07) is 7.83. The lowest BCUT2D eigenvalue weighted by Crippen LogP contribution is -2.05. The number of aromatic nitrogens is 2. The average Bonchev–Trinajstić information content (AvgIpc) is 2.90. The van der Waals surface area contributed by atoms with Crippen LogP contribution < -0.4 is 4.74 Å². The van der Waals surface area contributed by atoms with Crippen LogP contribution in [-0.2, 0) is 6.18 Å². The van der Waals surface area contributed by atoms with Crippen molar-refractivity contribution in [3.63, 3.8) is 0 Å². The number of thiazole rings is 1. The van der Waals surface area contributed by atoms with E-state index in [4.69, 9.17) is 4.74 Å². The zero-order valence-electron chi connectivity index (χ0n) is 10.8. The quantitative estimate of drug-likeness (QED) is 0.704. The van der Waals surface area contributed by atoms with E-state index < -0.39 is 11.7 Å². The van der Waals surface area contributed by atoms with Gasteiger partial charge in [-0.25, -0.2) is 4.98 Å². The molecule has 3 rings (SSSR count). The van der Waals surface area contributed by atoms with Gasteiger partial charge in [0.05, 0.1) is 23.1 Å². The lowest BCUT2D eigenvalue weighted by molar-refractivity contribution is -0.137. The van der Waals surface area contributed by atoms with Gasteiger partial charge in [0.1, 0.15) is 16.3 Å². The molecule has 0 fully saturated rings. The molecule has 3 aromatic rings. The van der Waals surface area contributed by atoms with E-state index in [1.807, 2.05) is 12.1 Å². The molecule has 21 heavy (non-hydrogen) atoms. The van der Waals surface area contributed by atoms with Crippen LogP contribution in [-0.4, -0.2) is 17.1 Å². The van der Waals surface area contributed by atoms with E-state index in [1.54, 1.807) is 13.2 Å². The number of para-hydroxylation sites is 1. The summed E-state index contributed by atoms with van der Waals surface area (Å²) in [7, 11) is 1.55. The smallest absolute Gasteiger partial charge is 0.417 e. The molecule has 7 heteroatoms. The first-order valence-corrected chi connectivity index (χ1v) is 6.78. The van der Waals surface area contributed by atoms with Gasteiger partial charge < -0.3 is 4.74 Å². The fraction of sp³-hybridized carbons (Fsp3) is 0.143. The zero-order chi connectivity index (χ0) is 15.0. The molecule has 0 bridgehead atoms. The second-order valence-electron chi connectivity index (χ2n) is 4.26. The summed E-state index contributed by atoms with van der Waals surface area (Å²) in [6.45, 7) is 0. The van der Waals surface area contributed by atoms with Crippen LogP contribution in [0.3, 0.4) is 0 Å². The molecular formula is C14H9F3N2OS. The number of hydrogen-bond donors (Lipinski definition) is 0. The summed E-state index contributed by atoms with van der Waals surface area (Å²) in [6.07, 6.45) is -3.57. The summed E-state index contributed by atoms with van der Waals surface area (Å²) in [5, 5.41) is 0.559. The van der Waals surface area contributed by atoms with Crippen molar-refractivity contribution >= 4 is 21.6 Å². The van der Waals surface area contributed by atoms with Crippen molar-refractivity contribution in [1.82, 2.24) is 9.97 Å². The van der Waals surface area contributed by atoms with Gasteiger partial charge >= 0.3 is 6.18 Å². The Morgan fingerprint density at radius 2 is 1.95 bits per heavy atom. The van der Waals surface area contributed by atoms with Crippen LogP contribution in [0.2, 0.25) is 0 Å². The number of halogens is 3. The first kappa shape index (κ1) is 13.8. The predicted octanol–water partition coefficient (Wildman–Crippen LogP) is 4.39. The third kappa shape index (κ3) is 2.56. The van der Waals surface area contributed by atoms with Gasteiger partial charge in [0.25, 0.3) is 0 Å². The van der Waals surface area contributed by atoms with Crippen LogP contribution in [0.25, 0.3) is 20.9 Å². The number of hydrogen-bond acceptors (Lipinski definition) is 4. The highest BCUT2D eigenvalue weighted by atomic mass is 32.1. The Balaban J connectivity index is 2.04. The number of ether oxygens (including phenoxy) is 1. The number of rotatable bonds is 2. The molecule has 3 nitrogen and oxygen atoms in total. The van der Waals surface area contributed by atoms with E-state index in [-0.39, 0.29) is 0 Å². The molecule has 2 heterocycles. The predicted molar refractivity (Wildman–Crippen MR) is 74.4 cm³/mol. The number of nitrogens with zero attached hydrogens (tertiary/aromatic N) is 2. The molecule has 108 valence electrons. The molecule has 0 radical (unpaired) electrons. The van der Waals surface area contributed by atoms with Gasteiger partial charge in [0, 0.05) is 6.20 Å². The molecule has 2 aromatic heterocycles.